The van der Waals surface area contributed by atoms with Crippen LogP contribution < -0.4 is 0 Å². The molecule has 0 N–H and O–H groups in total. The maximum absolute atomic E-state index is 3.71. The van der Waals surface area contributed by atoms with Gasteiger partial charge in [0.25, 0.3) is 0 Å². The molecule has 0 spiro atoms. The number of aliphatic imine (C=N–C) groups is 1. The minimum absolute atomic E-state index is 1.03. The van der Waals surface area contributed by atoms with E-state index in [9.17, 15) is 0 Å². The minimum atomic E-state index is 1.03. The van der Waals surface area contributed by atoms with Gasteiger partial charge in [-0.25, -0.2) is 0 Å². The molecule has 1 aliphatic heterocycles. The molecule has 1 nitrogen and oxygen atoms in total. The lowest BCUT2D eigenvalue weighted by Crippen LogP contribution is -1.56. The van der Waals surface area contributed by atoms with Crippen LogP contribution in [0.15, 0.2) is 4.99 Å². The zero-order valence-electron chi connectivity index (χ0n) is 2.94. The highest BCUT2D eigenvalue weighted by Crippen LogP contribution is 1.98. The highest BCUT2D eigenvalue weighted by molar-refractivity contribution is 5.60. The van der Waals surface area contributed by atoms with Gasteiger partial charge in [0.2, 0.25) is 0 Å². The van der Waals surface area contributed by atoms with E-state index < -0.39 is 0 Å². The molecule has 2 radical (unpaired) electrons. The molecule has 1 heteroatoms. The van der Waals surface area contributed by atoms with Crippen molar-refractivity contribution < 1.29 is 0 Å². The van der Waals surface area contributed by atoms with Gasteiger partial charge in [0.1, 0.15) is 6.54 Å². The van der Waals surface area contributed by atoms with E-state index in [0.717, 1.165) is 12.8 Å². The van der Waals surface area contributed by atoms with Crippen LogP contribution in [0.3, 0.4) is 0 Å². The van der Waals surface area contributed by atoms with Gasteiger partial charge in [0.05, 0.1) is 0 Å². The first-order valence-corrected chi connectivity index (χ1v) is 1.74. The molecule has 0 aromatic carbocycles. The molecule has 5 heavy (non-hydrogen) atoms. The van der Waals surface area contributed by atoms with Crippen LogP contribution in [-0.2, 0) is 0 Å². The maximum Gasteiger partial charge on any atom is 0.116 e. The van der Waals surface area contributed by atoms with Crippen LogP contribution in [0.2, 0.25) is 0 Å². The third-order valence-corrected chi connectivity index (χ3v) is 0.568. The predicted octanol–water partition coefficient (Wildman–Crippen LogP) is 0.890. The fraction of sp³-hybridized carbons (Fsp3) is 0.500. The SMILES string of the molecule is [C]1CCC=N1. The molecular weight excluding hydrogens is 62.1 g/mol. The molecule has 0 amide bonds. The van der Waals surface area contributed by atoms with E-state index in [-0.39, 0.29) is 0 Å². The van der Waals surface area contributed by atoms with Crippen LogP contribution in [0, 0.1) is 6.54 Å². The van der Waals surface area contributed by atoms with Crippen molar-refractivity contribution in [1.29, 1.82) is 0 Å². The van der Waals surface area contributed by atoms with Gasteiger partial charge < -0.3 is 0 Å². The third kappa shape index (κ3) is 0.469. The van der Waals surface area contributed by atoms with Gasteiger partial charge in [-0.15, -0.1) is 0 Å². The summed E-state index contributed by atoms with van der Waals surface area (Å²) in [5.74, 6) is 0. The second-order valence-electron chi connectivity index (χ2n) is 1.01. The number of hydrogen-bond acceptors (Lipinski definition) is 1. The van der Waals surface area contributed by atoms with Crippen LogP contribution in [0.5, 0.6) is 0 Å². The predicted molar refractivity (Wildman–Crippen MR) is 21.0 cm³/mol. The van der Waals surface area contributed by atoms with Crippen LogP contribution >= 0.6 is 0 Å². The monoisotopic (exact) mass is 67.0 g/mol. The van der Waals surface area contributed by atoms with Gasteiger partial charge in [-0.05, 0) is 19.1 Å². The molecule has 26 valence electrons. The highest BCUT2D eigenvalue weighted by Gasteiger charge is 1.88. The number of nitrogens with zero attached hydrogens (tertiary/aromatic N) is 1. The number of rotatable bonds is 0. The topological polar surface area (TPSA) is 12.4 Å². The first kappa shape index (κ1) is 2.88. The Labute approximate surface area is 31.7 Å². The Balaban J connectivity index is 2.32. The van der Waals surface area contributed by atoms with Crippen molar-refractivity contribution >= 4 is 6.21 Å². The quantitative estimate of drug-likeness (QED) is 0.399. The highest BCUT2D eigenvalue weighted by atomic mass is 14.7. The van der Waals surface area contributed by atoms with Gasteiger partial charge in [-0.2, -0.15) is 0 Å². The smallest absolute Gasteiger partial charge is 0.116 e. The molecule has 1 rings (SSSR count). The van der Waals surface area contributed by atoms with E-state index >= 15 is 0 Å². The van der Waals surface area contributed by atoms with Crippen molar-refractivity contribution in [3.05, 3.63) is 6.54 Å². The fourth-order valence-corrected chi connectivity index (χ4v) is 0.323. The van der Waals surface area contributed by atoms with Crippen LogP contribution in [0.4, 0.5) is 0 Å². The van der Waals surface area contributed by atoms with Gasteiger partial charge in [-0.3, -0.25) is 4.99 Å². The van der Waals surface area contributed by atoms with Crippen LogP contribution in [-0.4, -0.2) is 6.21 Å². The zero-order chi connectivity index (χ0) is 3.54. The Bertz CT molecular complexity index is 41.6. The van der Waals surface area contributed by atoms with E-state index in [1.54, 1.807) is 0 Å². The molecule has 0 unspecified atom stereocenters. The molecule has 0 aliphatic carbocycles. The standard InChI is InChI=1S/C4H5N/c1-2-4-5-3-1/h3H,1-2H2. The van der Waals surface area contributed by atoms with E-state index in [1.807, 2.05) is 6.21 Å². The average molecular weight is 67.1 g/mol. The molecule has 0 saturated heterocycles. The van der Waals surface area contributed by atoms with Crippen molar-refractivity contribution in [3.8, 4) is 0 Å². The maximum atomic E-state index is 3.71. The van der Waals surface area contributed by atoms with E-state index in [1.165, 1.54) is 0 Å². The molecule has 0 fully saturated rings. The second-order valence-corrected chi connectivity index (χ2v) is 1.01. The van der Waals surface area contributed by atoms with Gasteiger partial charge in [0.15, 0.2) is 0 Å². The summed E-state index contributed by atoms with van der Waals surface area (Å²) in [6.45, 7) is 2.79. The summed E-state index contributed by atoms with van der Waals surface area (Å²) < 4.78 is 0. The summed E-state index contributed by atoms with van der Waals surface area (Å²) in [7, 11) is 0. The Morgan fingerprint density at radius 2 is 2.80 bits per heavy atom. The molecule has 0 bridgehead atoms. The van der Waals surface area contributed by atoms with Crippen LogP contribution in [0.1, 0.15) is 12.8 Å². The Hall–Kier alpha value is -0.330. The summed E-state index contributed by atoms with van der Waals surface area (Å²) in [6.07, 6.45) is 4.00. The lowest BCUT2D eigenvalue weighted by Gasteiger charge is -1.64. The Morgan fingerprint density at radius 1 is 1.80 bits per heavy atom. The van der Waals surface area contributed by atoms with Crippen molar-refractivity contribution in [2.45, 2.75) is 12.8 Å². The normalized spacial score (nSPS) is 20.8. The number of hydrogen-bond donors (Lipinski definition) is 0. The van der Waals surface area contributed by atoms with E-state index in [0.29, 0.717) is 0 Å². The van der Waals surface area contributed by atoms with Crippen molar-refractivity contribution in [2.24, 2.45) is 4.99 Å². The Morgan fingerprint density at radius 3 is 3.00 bits per heavy atom. The zero-order valence-corrected chi connectivity index (χ0v) is 2.94. The van der Waals surface area contributed by atoms with Crippen molar-refractivity contribution in [3.63, 3.8) is 0 Å². The largest absolute Gasteiger partial charge is 0.286 e. The third-order valence-electron chi connectivity index (χ3n) is 0.568. The van der Waals surface area contributed by atoms with Crippen LogP contribution in [0.25, 0.3) is 0 Å². The first-order valence-electron chi connectivity index (χ1n) is 1.74. The van der Waals surface area contributed by atoms with E-state index in [4.69, 9.17) is 0 Å². The minimum Gasteiger partial charge on any atom is -0.286 e. The fourth-order valence-electron chi connectivity index (χ4n) is 0.323. The van der Waals surface area contributed by atoms with Gasteiger partial charge in [-0.1, -0.05) is 0 Å². The molecular formula is C4H5N. The summed E-state index contributed by atoms with van der Waals surface area (Å²) in [4.78, 5) is 3.71. The average Bonchev–Trinajstić information content (AvgIpc) is 1.76. The molecule has 0 saturated carbocycles. The lowest BCUT2D eigenvalue weighted by molar-refractivity contribution is 1.07. The molecule has 1 aliphatic rings. The van der Waals surface area contributed by atoms with Gasteiger partial charge in [0, 0.05) is 0 Å². The molecule has 1 heterocycles. The summed E-state index contributed by atoms with van der Waals surface area (Å²) in [6, 6.07) is 0. The Kier molecular flexibility index (Phi) is 0.692. The molecule has 0 atom stereocenters. The second kappa shape index (κ2) is 1.20. The molecule has 0 aromatic heterocycles. The molecule has 0 aromatic rings. The summed E-state index contributed by atoms with van der Waals surface area (Å²) in [5, 5.41) is 0. The summed E-state index contributed by atoms with van der Waals surface area (Å²) >= 11 is 0. The lowest BCUT2D eigenvalue weighted by atomic mass is 10.4. The van der Waals surface area contributed by atoms with Gasteiger partial charge >= 0.3 is 0 Å². The van der Waals surface area contributed by atoms with Crippen molar-refractivity contribution in [2.75, 3.05) is 0 Å². The summed E-state index contributed by atoms with van der Waals surface area (Å²) in [5.41, 5.74) is 0. The first-order chi connectivity index (χ1) is 2.50. The van der Waals surface area contributed by atoms with Crippen molar-refractivity contribution in [1.82, 2.24) is 0 Å². The van der Waals surface area contributed by atoms with E-state index in [2.05, 4.69) is 11.5 Å².